The molecule has 5 heteroatoms. The Morgan fingerprint density at radius 2 is 2.00 bits per heavy atom. The first kappa shape index (κ1) is 8.96. The SMILES string of the molecule is CN=S1(=O)CCN(NC)CC1. The minimum Gasteiger partial charge on any atom is -0.258 e. The number of hydrogen-bond donors (Lipinski definition) is 1. The summed E-state index contributed by atoms with van der Waals surface area (Å²) in [6.07, 6.45) is 0. The molecule has 0 unspecified atom stereocenters. The number of rotatable bonds is 1. The van der Waals surface area contributed by atoms with Crippen LogP contribution in [0.3, 0.4) is 0 Å². The summed E-state index contributed by atoms with van der Waals surface area (Å²) in [7, 11) is 1.71. The Balaban J connectivity index is 2.55. The maximum Gasteiger partial charge on any atom is 0.0491 e. The molecule has 4 nitrogen and oxygen atoms in total. The molecule has 1 heterocycles. The molecule has 0 aromatic carbocycles. The smallest absolute Gasteiger partial charge is 0.0491 e. The Morgan fingerprint density at radius 3 is 2.36 bits per heavy atom. The zero-order valence-electron chi connectivity index (χ0n) is 7.04. The Bertz CT molecular complexity index is 218. The van der Waals surface area contributed by atoms with Crippen LogP contribution < -0.4 is 5.43 Å². The zero-order valence-corrected chi connectivity index (χ0v) is 7.86. The Labute approximate surface area is 68.1 Å². The fourth-order valence-corrected chi connectivity index (χ4v) is 2.71. The lowest BCUT2D eigenvalue weighted by Crippen LogP contribution is -2.46. The van der Waals surface area contributed by atoms with Gasteiger partial charge in [0.1, 0.15) is 0 Å². The first-order chi connectivity index (χ1) is 5.20. The summed E-state index contributed by atoms with van der Waals surface area (Å²) in [6.45, 7) is 1.68. The highest BCUT2D eigenvalue weighted by molar-refractivity contribution is 7.93. The molecule has 1 aliphatic rings. The molecule has 0 aromatic heterocycles. The minimum atomic E-state index is -1.83. The van der Waals surface area contributed by atoms with Gasteiger partial charge in [-0.2, -0.15) is 0 Å². The first-order valence-electron chi connectivity index (χ1n) is 3.73. The summed E-state index contributed by atoms with van der Waals surface area (Å²) < 4.78 is 15.5. The van der Waals surface area contributed by atoms with Crippen LogP contribution in [0, 0.1) is 0 Å². The third-order valence-electron chi connectivity index (χ3n) is 2.01. The van der Waals surface area contributed by atoms with Crippen molar-refractivity contribution >= 4 is 9.73 Å². The summed E-state index contributed by atoms with van der Waals surface area (Å²) in [6, 6.07) is 0. The van der Waals surface area contributed by atoms with Crippen LogP contribution in [0.2, 0.25) is 0 Å². The van der Waals surface area contributed by atoms with Crippen molar-refractivity contribution in [2.45, 2.75) is 0 Å². The van der Waals surface area contributed by atoms with E-state index in [9.17, 15) is 4.21 Å². The second-order valence-corrected chi connectivity index (χ2v) is 5.30. The van der Waals surface area contributed by atoms with E-state index in [-0.39, 0.29) is 0 Å². The summed E-state index contributed by atoms with van der Waals surface area (Å²) in [5.41, 5.74) is 3.03. The molecular weight excluding hydrogens is 162 g/mol. The van der Waals surface area contributed by atoms with Gasteiger partial charge in [-0.1, -0.05) is 0 Å². The lowest BCUT2D eigenvalue weighted by Gasteiger charge is -2.27. The maximum atomic E-state index is 11.6. The molecule has 0 amide bonds. The lowest BCUT2D eigenvalue weighted by atomic mass is 10.6. The van der Waals surface area contributed by atoms with Gasteiger partial charge in [-0.3, -0.25) is 5.43 Å². The average Bonchev–Trinajstić information content (AvgIpc) is 2.06. The number of nitrogens with zero attached hydrogens (tertiary/aromatic N) is 2. The standard InChI is InChI=1S/C6H15N3OS/c1-7-9-3-5-11(10,8-2)6-4-9/h7H,3-6H2,1-2H3. The highest BCUT2D eigenvalue weighted by atomic mass is 32.2. The van der Waals surface area contributed by atoms with E-state index in [0.29, 0.717) is 11.5 Å². The largest absolute Gasteiger partial charge is 0.258 e. The average molecular weight is 177 g/mol. The van der Waals surface area contributed by atoms with Crippen LogP contribution in [0.4, 0.5) is 0 Å². The fraction of sp³-hybridized carbons (Fsp3) is 1.00. The van der Waals surface area contributed by atoms with Crippen molar-refractivity contribution in [3.05, 3.63) is 0 Å². The first-order valence-corrected chi connectivity index (χ1v) is 5.58. The molecule has 0 atom stereocenters. The van der Waals surface area contributed by atoms with Gasteiger partial charge in [0.05, 0.1) is 0 Å². The van der Waals surface area contributed by atoms with Crippen LogP contribution in [0.1, 0.15) is 0 Å². The number of hydrazine groups is 1. The van der Waals surface area contributed by atoms with Crippen molar-refractivity contribution in [2.75, 3.05) is 38.7 Å². The molecule has 0 aromatic rings. The fourth-order valence-electron chi connectivity index (χ4n) is 1.13. The zero-order chi connectivity index (χ0) is 8.32. The highest BCUT2D eigenvalue weighted by Gasteiger charge is 2.17. The van der Waals surface area contributed by atoms with Gasteiger partial charge in [0, 0.05) is 41.4 Å². The summed E-state index contributed by atoms with van der Waals surface area (Å²) in [5, 5.41) is 2.06. The third-order valence-corrected chi connectivity index (χ3v) is 4.32. The van der Waals surface area contributed by atoms with E-state index >= 15 is 0 Å². The van der Waals surface area contributed by atoms with E-state index < -0.39 is 9.73 Å². The van der Waals surface area contributed by atoms with E-state index in [0.717, 1.165) is 13.1 Å². The molecule has 1 aliphatic heterocycles. The van der Waals surface area contributed by atoms with Crippen LogP contribution in [0.15, 0.2) is 4.36 Å². The summed E-state index contributed by atoms with van der Waals surface area (Å²) in [5.74, 6) is 1.40. The molecule has 0 bridgehead atoms. The van der Waals surface area contributed by atoms with Crippen molar-refractivity contribution in [2.24, 2.45) is 4.36 Å². The van der Waals surface area contributed by atoms with E-state index in [4.69, 9.17) is 0 Å². The van der Waals surface area contributed by atoms with E-state index in [1.54, 1.807) is 7.05 Å². The van der Waals surface area contributed by atoms with Crippen LogP contribution in [-0.4, -0.2) is 47.9 Å². The molecule has 0 aliphatic carbocycles. The van der Waals surface area contributed by atoms with E-state index in [1.807, 2.05) is 7.05 Å². The van der Waals surface area contributed by atoms with Gasteiger partial charge in [-0.15, -0.1) is 0 Å². The van der Waals surface area contributed by atoms with Crippen molar-refractivity contribution < 1.29 is 4.21 Å². The molecule has 0 spiro atoms. The molecule has 0 radical (unpaired) electrons. The predicted octanol–water partition coefficient (Wildman–Crippen LogP) is -0.466. The molecule has 1 fully saturated rings. The second kappa shape index (κ2) is 3.51. The monoisotopic (exact) mass is 177 g/mol. The van der Waals surface area contributed by atoms with Crippen molar-refractivity contribution in [3.63, 3.8) is 0 Å². The van der Waals surface area contributed by atoms with Crippen LogP contribution in [-0.2, 0) is 9.73 Å². The van der Waals surface area contributed by atoms with Gasteiger partial charge in [-0.05, 0) is 7.05 Å². The molecule has 11 heavy (non-hydrogen) atoms. The van der Waals surface area contributed by atoms with Gasteiger partial charge in [0.15, 0.2) is 0 Å². The molecule has 1 rings (SSSR count). The number of hydrogen-bond acceptors (Lipinski definition) is 4. The number of nitrogens with one attached hydrogen (secondary N) is 1. The van der Waals surface area contributed by atoms with Gasteiger partial charge in [0.2, 0.25) is 0 Å². The van der Waals surface area contributed by atoms with E-state index in [2.05, 4.69) is 14.8 Å². The quantitative estimate of drug-likeness (QED) is 0.589. The minimum absolute atomic E-state index is 0.699. The Kier molecular flexibility index (Phi) is 2.86. The molecule has 1 N–H and O–H groups in total. The Hall–Kier alpha value is -0.130. The van der Waals surface area contributed by atoms with Crippen LogP contribution >= 0.6 is 0 Å². The predicted molar refractivity (Wildman–Crippen MR) is 46.9 cm³/mol. The normalized spacial score (nSPS) is 24.9. The third kappa shape index (κ3) is 2.15. The maximum absolute atomic E-state index is 11.6. The van der Waals surface area contributed by atoms with Gasteiger partial charge in [-0.25, -0.2) is 13.6 Å². The van der Waals surface area contributed by atoms with Crippen LogP contribution in [0.5, 0.6) is 0 Å². The molecular formula is C6H15N3OS. The Morgan fingerprint density at radius 1 is 1.45 bits per heavy atom. The summed E-state index contributed by atoms with van der Waals surface area (Å²) >= 11 is 0. The lowest BCUT2D eigenvalue weighted by molar-refractivity contribution is 0.228. The molecule has 0 saturated carbocycles. The second-order valence-electron chi connectivity index (χ2n) is 2.57. The summed E-state index contributed by atoms with van der Waals surface area (Å²) in [4.78, 5) is 0. The van der Waals surface area contributed by atoms with Gasteiger partial charge in [0.25, 0.3) is 0 Å². The van der Waals surface area contributed by atoms with Crippen molar-refractivity contribution in [3.8, 4) is 0 Å². The van der Waals surface area contributed by atoms with Gasteiger partial charge < -0.3 is 0 Å². The van der Waals surface area contributed by atoms with Gasteiger partial charge >= 0.3 is 0 Å². The molecule has 66 valence electrons. The molecule has 1 saturated heterocycles. The van der Waals surface area contributed by atoms with Crippen molar-refractivity contribution in [1.82, 2.24) is 10.4 Å². The topological polar surface area (TPSA) is 44.7 Å². The van der Waals surface area contributed by atoms with Crippen LogP contribution in [0.25, 0.3) is 0 Å². The van der Waals surface area contributed by atoms with E-state index in [1.165, 1.54) is 0 Å². The van der Waals surface area contributed by atoms with Crippen molar-refractivity contribution in [1.29, 1.82) is 0 Å². The highest BCUT2D eigenvalue weighted by Crippen LogP contribution is 2.03.